The van der Waals surface area contributed by atoms with Crippen LogP contribution in [0.1, 0.15) is 51.4 Å². The van der Waals surface area contributed by atoms with Crippen LogP contribution in [0.5, 0.6) is 0 Å². The summed E-state index contributed by atoms with van der Waals surface area (Å²) in [5.41, 5.74) is 0.670. The fourth-order valence-corrected chi connectivity index (χ4v) is 3.71. The summed E-state index contributed by atoms with van der Waals surface area (Å²) in [6.45, 7) is 10.2. The Kier molecular flexibility index (Phi) is 6.30. The lowest BCUT2D eigenvalue weighted by Gasteiger charge is -2.43. The van der Waals surface area contributed by atoms with Crippen molar-refractivity contribution < 1.29 is 18.7 Å². The van der Waals surface area contributed by atoms with Crippen LogP contribution in [0.15, 0.2) is 28.7 Å². The maximum atomic E-state index is 12.9. The number of benzene rings is 1. The molecular weight excluding hydrogens is 404 g/mol. The molecule has 1 aromatic carbocycles. The molecule has 2 aromatic rings. The van der Waals surface area contributed by atoms with Crippen molar-refractivity contribution in [3.05, 3.63) is 34.7 Å². The fourth-order valence-electron chi connectivity index (χ4n) is 3.59. The molecule has 30 heavy (non-hydrogen) atoms. The molecule has 3 rings (SSSR count). The molecule has 0 aliphatic carbocycles. The molecule has 0 radical (unpaired) electrons. The van der Waals surface area contributed by atoms with Gasteiger partial charge in [-0.25, -0.2) is 9.89 Å². The third-order valence-electron chi connectivity index (χ3n) is 5.21. The molecule has 9 heteroatoms. The molecule has 1 fully saturated rings. The third-order valence-corrected chi connectivity index (χ3v) is 5.38. The summed E-state index contributed by atoms with van der Waals surface area (Å²) in [5, 5.41) is 9.65. The molecule has 8 nitrogen and oxygen atoms in total. The average Bonchev–Trinajstić information content (AvgIpc) is 3.10. The molecule has 3 unspecified atom stereocenters. The van der Waals surface area contributed by atoms with Crippen molar-refractivity contribution in [1.82, 2.24) is 20.4 Å². The summed E-state index contributed by atoms with van der Waals surface area (Å²) < 4.78 is 10.8. The van der Waals surface area contributed by atoms with E-state index in [9.17, 15) is 9.59 Å². The number of nitrogens with zero attached hydrogens (tertiary/aromatic N) is 2. The highest BCUT2D eigenvalue weighted by Crippen LogP contribution is 2.26. The SMILES string of the molecule is CC1CCN(C(=O)OC(C)(C)C)C(C)C1NC(=O)c1ccc(-c2n[nH]c(=S)o2)cc1. The number of carbonyl (C=O) groups excluding carboxylic acids is 2. The van der Waals surface area contributed by atoms with Crippen LogP contribution in [0.3, 0.4) is 0 Å². The van der Waals surface area contributed by atoms with Gasteiger partial charge in [0.1, 0.15) is 5.60 Å². The van der Waals surface area contributed by atoms with E-state index in [4.69, 9.17) is 21.4 Å². The molecule has 1 aliphatic heterocycles. The number of H-pyrrole nitrogens is 1. The van der Waals surface area contributed by atoms with Crippen LogP contribution < -0.4 is 5.32 Å². The van der Waals surface area contributed by atoms with E-state index in [2.05, 4.69) is 22.4 Å². The van der Waals surface area contributed by atoms with E-state index in [1.54, 1.807) is 29.2 Å². The highest BCUT2D eigenvalue weighted by atomic mass is 32.1. The molecule has 0 saturated carbocycles. The minimum atomic E-state index is -0.563. The average molecular weight is 433 g/mol. The van der Waals surface area contributed by atoms with Gasteiger partial charge in [0.2, 0.25) is 5.89 Å². The van der Waals surface area contributed by atoms with E-state index in [1.807, 2.05) is 27.7 Å². The second-order valence-corrected chi connectivity index (χ2v) is 9.05. The van der Waals surface area contributed by atoms with E-state index in [1.165, 1.54) is 0 Å². The Bertz CT molecular complexity index is 960. The van der Waals surface area contributed by atoms with Crippen LogP contribution >= 0.6 is 12.2 Å². The predicted molar refractivity (Wildman–Crippen MR) is 115 cm³/mol. The summed E-state index contributed by atoms with van der Waals surface area (Å²) in [6.07, 6.45) is 0.437. The van der Waals surface area contributed by atoms with Crippen LogP contribution in [0.2, 0.25) is 0 Å². The first kappa shape index (κ1) is 22.0. The molecule has 0 bridgehead atoms. The monoisotopic (exact) mass is 432 g/mol. The minimum absolute atomic E-state index is 0.178. The first-order valence-corrected chi connectivity index (χ1v) is 10.4. The molecule has 2 amide bonds. The minimum Gasteiger partial charge on any atom is -0.444 e. The van der Waals surface area contributed by atoms with E-state index in [-0.39, 0.29) is 34.8 Å². The molecule has 162 valence electrons. The van der Waals surface area contributed by atoms with Gasteiger partial charge >= 0.3 is 6.09 Å². The quantitative estimate of drug-likeness (QED) is 0.706. The number of amides is 2. The first-order valence-electron chi connectivity index (χ1n) is 10.0. The Morgan fingerprint density at radius 1 is 1.27 bits per heavy atom. The summed E-state index contributed by atoms with van der Waals surface area (Å²) in [6, 6.07) is 6.57. The highest BCUT2D eigenvalue weighted by molar-refractivity contribution is 7.71. The van der Waals surface area contributed by atoms with Gasteiger partial charge in [0.15, 0.2) is 0 Å². The van der Waals surface area contributed by atoms with Gasteiger partial charge in [0, 0.05) is 17.7 Å². The van der Waals surface area contributed by atoms with E-state index < -0.39 is 5.60 Å². The van der Waals surface area contributed by atoms with E-state index in [0.29, 0.717) is 18.0 Å². The molecule has 3 atom stereocenters. The summed E-state index contributed by atoms with van der Waals surface area (Å²) >= 11 is 4.88. The number of nitrogens with one attached hydrogen (secondary N) is 2. The summed E-state index contributed by atoms with van der Waals surface area (Å²) in [4.78, 5) is 27.3. The molecule has 1 aromatic heterocycles. The zero-order valence-electron chi connectivity index (χ0n) is 17.9. The zero-order valence-corrected chi connectivity index (χ0v) is 18.7. The van der Waals surface area contributed by atoms with Crippen molar-refractivity contribution >= 4 is 24.2 Å². The maximum absolute atomic E-state index is 12.9. The second-order valence-electron chi connectivity index (χ2n) is 8.68. The van der Waals surface area contributed by atoms with Crippen LogP contribution in [-0.4, -0.2) is 51.3 Å². The first-order chi connectivity index (χ1) is 14.0. The van der Waals surface area contributed by atoms with Crippen LogP contribution in [0, 0.1) is 10.8 Å². The van der Waals surface area contributed by atoms with Gasteiger partial charge in [-0.2, -0.15) is 0 Å². The highest BCUT2D eigenvalue weighted by Gasteiger charge is 2.38. The Morgan fingerprint density at radius 2 is 1.93 bits per heavy atom. The molecule has 2 N–H and O–H groups in total. The number of ether oxygens (including phenoxy) is 1. The van der Waals surface area contributed by atoms with Crippen molar-refractivity contribution in [2.75, 3.05) is 6.54 Å². The van der Waals surface area contributed by atoms with Gasteiger partial charge in [-0.1, -0.05) is 6.92 Å². The van der Waals surface area contributed by atoms with Crippen molar-refractivity contribution in [1.29, 1.82) is 0 Å². The van der Waals surface area contributed by atoms with Crippen LogP contribution in [-0.2, 0) is 4.74 Å². The van der Waals surface area contributed by atoms with Crippen LogP contribution in [0.25, 0.3) is 11.5 Å². The Morgan fingerprint density at radius 3 is 2.50 bits per heavy atom. The zero-order chi connectivity index (χ0) is 22.1. The Balaban J connectivity index is 1.69. The number of hydrogen-bond acceptors (Lipinski definition) is 6. The number of aromatic nitrogens is 2. The second kappa shape index (κ2) is 8.59. The summed E-state index contributed by atoms with van der Waals surface area (Å²) in [5.74, 6) is 0.406. The van der Waals surface area contributed by atoms with Gasteiger partial charge in [-0.15, -0.1) is 5.10 Å². The maximum Gasteiger partial charge on any atom is 0.410 e. The molecule has 2 heterocycles. The van der Waals surface area contributed by atoms with Crippen molar-refractivity contribution in [2.24, 2.45) is 5.92 Å². The van der Waals surface area contributed by atoms with E-state index >= 15 is 0 Å². The van der Waals surface area contributed by atoms with Gasteiger partial charge in [-0.05, 0) is 76.5 Å². The third kappa shape index (κ3) is 5.08. The summed E-state index contributed by atoms with van der Waals surface area (Å²) in [7, 11) is 0. The van der Waals surface area contributed by atoms with Gasteiger partial charge in [0.05, 0.1) is 12.1 Å². The van der Waals surface area contributed by atoms with Crippen molar-refractivity contribution in [3.8, 4) is 11.5 Å². The lowest BCUT2D eigenvalue weighted by atomic mass is 9.87. The lowest BCUT2D eigenvalue weighted by molar-refractivity contribution is 0.000872. The van der Waals surface area contributed by atoms with Crippen LogP contribution in [0.4, 0.5) is 4.79 Å². The number of hydrogen-bond donors (Lipinski definition) is 2. The number of carbonyl (C=O) groups is 2. The van der Waals surface area contributed by atoms with Gasteiger partial charge in [-0.3, -0.25) is 4.79 Å². The fraction of sp³-hybridized carbons (Fsp3) is 0.524. The van der Waals surface area contributed by atoms with Gasteiger partial charge in [0.25, 0.3) is 10.7 Å². The van der Waals surface area contributed by atoms with E-state index in [0.717, 1.165) is 12.0 Å². The van der Waals surface area contributed by atoms with Gasteiger partial charge < -0.3 is 19.4 Å². The predicted octanol–water partition coefficient (Wildman–Crippen LogP) is 4.16. The normalized spacial score (nSPS) is 21.9. The van der Waals surface area contributed by atoms with Crippen molar-refractivity contribution in [3.63, 3.8) is 0 Å². The lowest BCUT2D eigenvalue weighted by Crippen LogP contribution is -2.59. The molecule has 1 aliphatic rings. The number of aromatic amines is 1. The largest absolute Gasteiger partial charge is 0.444 e. The molecule has 1 saturated heterocycles. The smallest absolute Gasteiger partial charge is 0.410 e. The topological polar surface area (TPSA) is 100 Å². The molecule has 0 spiro atoms. The number of likely N-dealkylation sites (tertiary alicyclic amines) is 1. The van der Waals surface area contributed by atoms with Crippen molar-refractivity contribution in [2.45, 2.75) is 58.7 Å². The molecular formula is C21H28N4O4S. The Labute approximate surface area is 181 Å². The Hall–Kier alpha value is -2.68. The number of rotatable bonds is 3. The number of piperidine rings is 1. The standard InChI is InChI=1S/C21H28N4O4S/c1-12-10-11-25(20(27)29-21(3,4)5)13(2)16(12)22-17(26)14-6-8-15(9-7-14)18-23-24-19(30)28-18/h6-9,12-13,16H,10-11H2,1-5H3,(H,22,26)(H,24,30).